The van der Waals surface area contributed by atoms with Gasteiger partial charge in [0, 0.05) is 6.54 Å². The van der Waals surface area contributed by atoms with Crippen LogP contribution >= 0.6 is 0 Å². The lowest BCUT2D eigenvalue weighted by atomic mass is 10.1. The predicted octanol–water partition coefficient (Wildman–Crippen LogP) is 0.114. The molecule has 0 aliphatic rings. The Labute approximate surface area is 105 Å². The maximum Gasteiger partial charge on any atom is 0.304 e. The lowest BCUT2D eigenvalue weighted by Crippen LogP contribution is -2.31. The first-order chi connectivity index (χ1) is 8.41. The van der Waals surface area contributed by atoms with Crippen LogP contribution in [0.25, 0.3) is 0 Å². The van der Waals surface area contributed by atoms with E-state index >= 15 is 0 Å². The average molecular weight is 273 g/mol. The van der Waals surface area contributed by atoms with Gasteiger partial charge in [-0.1, -0.05) is 30.3 Å². The predicted molar refractivity (Wildman–Crippen MR) is 65.4 cm³/mol. The number of aliphatic carboxylic acids is 1. The molecule has 0 aliphatic carbocycles. The van der Waals surface area contributed by atoms with Crippen LogP contribution in [-0.2, 0) is 14.8 Å². The molecule has 1 aromatic carbocycles. The molecule has 7 heteroatoms. The number of benzene rings is 1. The van der Waals surface area contributed by atoms with Crippen molar-refractivity contribution in [3.63, 3.8) is 0 Å². The van der Waals surface area contributed by atoms with E-state index < -0.39 is 34.3 Å². The number of rotatable bonds is 7. The summed E-state index contributed by atoms with van der Waals surface area (Å²) >= 11 is 0. The van der Waals surface area contributed by atoms with Crippen LogP contribution in [0.5, 0.6) is 0 Å². The van der Waals surface area contributed by atoms with Crippen molar-refractivity contribution >= 4 is 16.0 Å². The van der Waals surface area contributed by atoms with E-state index in [0.717, 1.165) is 0 Å². The van der Waals surface area contributed by atoms with Gasteiger partial charge in [0.15, 0.2) is 0 Å². The molecule has 3 N–H and O–H groups in total. The van der Waals surface area contributed by atoms with Gasteiger partial charge in [0.25, 0.3) is 0 Å². The van der Waals surface area contributed by atoms with Crippen LogP contribution in [0, 0.1) is 0 Å². The topological polar surface area (TPSA) is 104 Å². The first-order valence-corrected chi connectivity index (χ1v) is 6.98. The molecule has 0 radical (unpaired) electrons. The fourth-order valence-electron chi connectivity index (χ4n) is 1.29. The number of carboxylic acids is 1. The summed E-state index contributed by atoms with van der Waals surface area (Å²) in [5, 5.41) is 18.1. The Morgan fingerprint density at radius 1 is 1.28 bits per heavy atom. The summed E-state index contributed by atoms with van der Waals surface area (Å²) in [5.74, 6) is -1.67. The van der Waals surface area contributed by atoms with Crippen molar-refractivity contribution in [3.8, 4) is 0 Å². The van der Waals surface area contributed by atoms with E-state index in [1.807, 2.05) is 0 Å². The Hall–Kier alpha value is -1.44. The van der Waals surface area contributed by atoms with Gasteiger partial charge in [0.05, 0.1) is 18.3 Å². The van der Waals surface area contributed by atoms with Gasteiger partial charge in [-0.15, -0.1) is 0 Å². The molecule has 0 fully saturated rings. The maximum atomic E-state index is 11.4. The summed E-state index contributed by atoms with van der Waals surface area (Å²) in [6, 6.07) is 8.61. The summed E-state index contributed by atoms with van der Waals surface area (Å²) in [6.07, 6.45) is -1.41. The lowest BCUT2D eigenvalue weighted by molar-refractivity contribution is -0.136. The minimum absolute atomic E-state index is 0.175. The van der Waals surface area contributed by atoms with Crippen LogP contribution in [0.4, 0.5) is 0 Å². The fourth-order valence-corrected chi connectivity index (χ4v) is 2.29. The van der Waals surface area contributed by atoms with Gasteiger partial charge in [0.1, 0.15) is 0 Å². The van der Waals surface area contributed by atoms with Gasteiger partial charge >= 0.3 is 5.97 Å². The summed E-state index contributed by atoms with van der Waals surface area (Å²) in [5.41, 5.74) is 0.596. The van der Waals surface area contributed by atoms with E-state index in [1.165, 1.54) is 0 Å². The van der Waals surface area contributed by atoms with Crippen LogP contribution in [-0.4, -0.2) is 36.9 Å². The highest BCUT2D eigenvalue weighted by molar-refractivity contribution is 7.89. The molecule has 1 aromatic rings. The number of nitrogens with one attached hydrogen (secondary N) is 1. The number of carbonyl (C=O) groups is 1. The molecule has 0 spiro atoms. The van der Waals surface area contributed by atoms with Gasteiger partial charge < -0.3 is 10.2 Å². The smallest absolute Gasteiger partial charge is 0.304 e. The second-order valence-corrected chi connectivity index (χ2v) is 5.66. The normalized spacial score (nSPS) is 13.2. The van der Waals surface area contributed by atoms with E-state index in [0.29, 0.717) is 5.56 Å². The van der Waals surface area contributed by atoms with E-state index in [9.17, 15) is 18.3 Å². The Morgan fingerprint density at radius 2 is 1.89 bits per heavy atom. The number of carboxylic acid groups (broad SMARTS) is 1. The van der Waals surface area contributed by atoms with Crippen LogP contribution in [0.3, 0.4) is 0 Å². The van der Waals surface area contributed by atoms with Crippen molar-refractivity contribution in [1.82, 2.24) is 4.72 Å². The van der Waals surface area contributed by atoms with Gasteiger partial charge in [-0.2, -0.15) is 0 Å². The van der Waals surface area contributed by atoms with E-state index in [1.54, 1.807) is 30.3 Å². The monoisotopic (exact) mass is 273 g/mol. The molecule has 0 bridgehead atoms. The third-order valence-corrected chi connectivity index (χ3v) is 3.61. The number of sulfonamides is 1. The van der Waals surface area contributed by atoms with Crippen molar-refractivity contribution in [2.45, 2.75) is 12.5 Å². The van der Waals surface area contributed by atoms with Gasteiger partial charge in [0.2, 0.25) is 10.0 Å². The van der Waals surface area contributed by atoms with Crippen molar-refractivity contribution in [3.05, 3.63) is 35.9 Å². The highest BCUT2D eigenvalue weighted by Gasteiger charge is 2.15. The zero-order chi connectivity index (χ0) is 13.6. The minimum atomic E-state index is -3.67. The molecular weight excluding hydrogens is 258 g/mol. The highest BCUT2D eigenvalue weighted by Crippen LogP contribution is 2.10. The Morgan fingerprint density at radius 3 is 2.44 bits per heavy atom. The van der Waals surface area contributed by atoms with Gasteiger partial charge in [-0.05, 0) is 5.56 Å². The zero-order valence-corrected chi connectivity index (χ0v) is 10.4. The minimum Gasteiger partial charge on any atom is -0.481 e. The molecule has 0 heterocycles. The number of hydrogen-bond donors (Lipinski definition) is 3. The average Bonchev–Trinajstić information content (AvgIpc) is 2.35. The number of aliphatic hydroxyl groups is 1. The summed E-state index contributed by atoms with van der Waals surface area (Å²) in [7, 11) is -3.67. The highest BCUT2D eigenvalue weighted by atomic mass is 32.2. The first kappa shape index (κ1) is 14.6. The molecule has 0 aliphatic heterocycles. The molecule has 0 saturated carbocycles. The van der Waals surface area contributed by atoms with E-state index in [4.69, 9.17) is 5.11 Å². The van der Waals surface area contributed by atoms with E-state index in [2.05, 4.69) is 4.72 Å². The second kappa shape index (κ2) is 6.48. The molecule has 0 saturated heterocycles. The first-order valence-electron chi connectivity index (χ1n) is 5.33. The van der Waals surface area contributed by atoms with Gasteiger partial charge in [-0.25, -0.2) is 13.1 Å². The van der Waals surface area contributed by atoms with Crippen molar-refractivity contribution in [2.75, 3.05) is 12.3 Å². The quantitative estimate of drug-likeness (QED) is 0.654. The Kier molecular flexibility index (Phi) is 5.26. The number of aliphatic hydroxyl groups excluding tert-OH is 1. The maximum absolute atomic E-state index is 11.4. The lowest BCUT2D eigenvalue weighted by Gasteiger charge is -2.12. The molecule has 0 amide bonds. The molecule has 1 rings (SSSR count). The summed E-state index contributed by atoms with van der Waals surface area (Å²) in [6.45, 7) is -0.175. The summed E-state index contributed by atoms with van der Waals surface area (Å²) in [4.78, 5) is 10.3. The fraction of sp³-hybridized carbons (Fsp3) is 0.364. The van der Waals surface area contributed by atoms with Gasteiger partial charge in [-0.3, -0.25) is 4.79 Å². The largest absolute Gasteiger partial charge is 0.481 e. The second-order valence-electron chi connectivity index (χ2n) is 3.74. The SMILES string of the molecule is O=C(O)CCS(=O)(=O)NCC(O)c1ccccc1. The van der Waals surface area contributed by atoms with Crippen molar-refractivity contribution in [1.29, 1.82) is 0 Å². The molecule has 100 valence electrons. The van der Waals surface area contributed by atoms with Crippen LogP contribution in [0.15, 0.2) is 30.3 Å². The van der Waals surface area contributed by atoms with Crippen LogP contribution in [0.2, 0.25) is 0 Å². The Bertz CT molecular complexity index is 485. The third-order valence-electron chi connectivity index (χ3n) is 2.27. The standard InChI is InChI=1S/C11H15NO5S/c13-10(9-4-2-1-3-5-9)8-12-18(16,17)7-6-11(14)15/h1-5,10,12-13H,6-8H2,(H,14,15). The third kappa shape index (κ3) is 5.26. The summed E-state index contributed by atoms with van der Waals surface area (Å²) < 4.78 is 24.9. The van der Waals surface area contributed by atoms with Crippen molar-refractivity contribution in [2.24, 2.45) is 0 Å². The molecule has 1 unspecified atom stereocenters. The molecular formula is C11H15NO5S. The molecule has 0 aromatic heterocycles. The molecule has 18 heavy (non-hydrogen) atoms. The number of hydrogen-bond acceptors (Lipinski definition) is 4. The van der Waals surface area contributed by atoms with Crippen molar-refractivity contribution < 1.29 is 23.4 Å². The van der Waals surface area contributed by atoms with E-state index in [-0.39, 0.29) is 6.54 Å². The molecule has 1 atom stereocenters. The molecule has 6 nitrogen and oxygen atoms in total. The van der Waals surface area contributed by atoms with Crippen LogP contribution < -0.4 is 4.72 Å². The zero-order valence-electron chi connectivity index (χ0n) is 9.61. The van der Waals surface area contributed by atoms with Crippen LogP contribution in [0.1, 0.15) is 18.1 Å². The Balaban J connectivity index is 2.47.